The van der Waals surface area contributed by atoms with Crippen molar-refractivity contribution in [1.82, 2.24) is 0 Å². The third kappa shape index (κ3) is 32.9. The second-order valence-electron chi connectivity index (χ2n) is 11.2. The van der Waals surface area contributed by atoms with E-state index in [9.17, 15) is 4.79 Å². The van der Waals surface area contributed by atoms with Crippen molar-refractivity contribution in [1.29, 1.82) is 0 Å². The van der Waals surface area contributed by atoms with Gasteiger partial charge in [0, 0.05) is 12.2 Å². The molecule has 0 radical (unpaired) electrons. The Morgan fingerprint density at radius 1 is 0.375 bits per heavy atom. The molecule has 0 atom stereocenters. The van der Waals surface area contributed by atoms with Crippen molar-refractivity contribution in [2.75, 3.05) is 126 Å². The summed E-state index contributed by atoms with van der Waals surface area (Å²) in [6.07, 6.45) is 14.2. The molecule has 0 heterocycles. The normalized spacial score (nSPS) is 11.4. The molecule has 48 heavy (non-hydrogen) atoms. The summed E-state index contributed by atoms with van der Waals surface area (Å²) < 4.78 is 55.2. The first-order chi connectivity index (χ1) is 23.9. The maximum atomic E-state index is 10.6. The molecule has 1 aromatic carbocycles. The first-order valence-electron chi connectivity index (χ1n) is 18.2. The van der Waals surface area contributed by atoms with Gasteiger partial charge in [0.05, 0.1) is 112 Å². The third-order valence-electron chi connectivity index (χ3n) is 7.13. The lowest BCUT2D eigenvalue weighted by atomic mass is 10.1. The number of rotatable bonds is 40. The summed E-state index contributed by atoms with van der Waals surface area (Å²) >= 11 is 0. The Kier molecular flexibility index (Phi) is 35.2. The highest BCUT2D eigenvalue weighted by Crippen LogP contribution is 2.11. The van der Waals surface area contributed by atoms with Crippen LogP contribution in [0, 0.1) is 0 Å². The zero-order valence-electron chi connectivity index (χ0n) is 29.9. The predicted molar refractivity (Wildman–Crippen MR) is 187 cm³/mol. The molecule has 0 unspecified atom stereocenters. The highest BCUT2D eigenvalue weighted by molar-refractivity contribution is 5.74. The van der Waals surface area contributed by atoms with E-state index in [2.05, 4.69) is 6.92 Å². The molecule has 0 aliphatic heterocycles. The Morgan fingerprint density at radius 3 is 1.00 bits per heavy atom. The lowest BCUT2D eigenvalue weighted by Crippen LogP contribution is -2.15. The fourth-order valence-corrected chi connectivity index (χ4v) is 4.41. The molecule has 0 saturated carbocycles. The summed E-state index contributed by atoms with van der Waals surface area (Å²) in [7, 11) is 0. The number of aldehydes is 1. The highest BCUT2D eigenvalue weighted by atomic mass is 16.6. The minimum Gasteiger partial charge on any atom is -0.491 e. The number of hydrogen-bond acceptors (Lipinski definition) is 11. The molecule has 1 rings (SSSR count). The van der Waals surface area contributed by atoms with Crippen LogP contribution < -0.4 is 4.74 Å². The summed E-state index contributed by atoms with van der Waals surface area (Å²) in [5, 5.41) is 0. The van der Waals surface area contributed by atoms with Gasteiger partial charge in [-0.3, -0.25) is 4.79 Å². The summed E-state index contributed by atoms with van der Waals surface area (Å²) in [6, 6.07) is 6.95. The van der Waals surface area contributed by atoms with E-state index in [0.717, 1.165) is 19.3 Å². The molecule has 11 heteroatoms. The van der Waals surface area contributed by atoms with Crippen molar-refractivity contribution in [3.63, 3.8) is 0 Å². The first kappa shape index (κ1) is 44.4. The van der Waals surface area contributed by atoms with Crippen molar-refractivity contribution in [3.8, 4) is 5.75 Å². The lowest BCUT2D eigenvalue weighted by molar-refractivity contribution is -0.0254. The Hall–Kier alpha value is -1.67. The van der Waals surface area contributed by atoms with Crippen molar-refractivity contribution in [2.24, 2.45) is 0 Å². The number of carbonyl (C=O) groups excluding carboxylic acids is 1. The van der Waals surface area contributed by atoms with Crippen molar-refractivity contribution in [3.05, 3.63) is 29.8 Å². The average Bonchev–Trinajstić information content (AvgIpc) is 3.11. The molecule has 0 spiro atoms. The van der Waals surface area contributed by atoms with E-state index in [1.165, 1.54) is 57.8 Å². The van der Waals surface area contributed by atoms with E-state index in [1.54, 1.807) is 24.3 Å². The maximum absolute atomic E-state index is 10.6. The van der Waals surface area contributed by atoms with E-state index in [-0.39, 0.29) is 0 Å². The number of benzene rings is 1. The van der Waals surface area contributed by atoms with Gasteiger partial charge in [0.2, 0.25) is 0 Å². The number of ether oxygens (including phenoxy) is 10. The summed E-state index contributed by atoms with van der Waals surface area (Å²) in [4.78, 5) is 10.6. The Balaban J connectivity index is 1.63. The van der Waals surface area contributed by atoms with Crippen LogP contribution in [0.2, 0.25) is 0 Å². The Morgan fingerprint density at radius 2 is 0.667 bits per heavy atom. The fraction of sp³-hybridized carbons (Fsp3) is 0.811. The van der Waals surface area contributed by atoms with Crippen molar-refractivity contribution < 1.29 is 52.2 Å². The number of hydrogen-bond donors (Lipinski definition) is 0. The molecule has 0 bridgehead atoms. The Bertz CT molecular complexity index is 766. The maximum Gasteiger partial charge on any atom is 0.150 e. The zero-order chi connectivity index (χ0) is 34.3. The number of carbonyl (C=O) groups is 1. The van der Waals surface area contributed by atoms with E-state index < -0.39 is 0 Å². The van der Waals surface area contributed by atoms with Crippen LogP contribution in [0.15, 0.2) is 24.3 Å². The van der Waals surface area contributed by atoms with Gasteiger partial charge in [0.15, 0.2) is 0 Å². The molecule has 280 valence electrons. The van der Waals surface area contributed by atoms with Gasteiger partial charge in [0.25, 0.3) is 0 Å². The van der Waals surface area contributed by atoms with Crippen LogP contribution in [0.5, 0.6) is 5.75 Å². The lowest BCUT2D eigenvalue weighted by Gasteiger charge is -2.09. The van der Waals surface area contributed by atoms with Gasteiger partial charge in [-0.05, 0) is 30.7 Å². The van der Waals surface area contributed by atoms with E-state index in [1.807, 2.05) is 0 Å². The summed E-state index contributed by atoms with van der Waals surface area (Å²) in [6.45, 7) is 12.5. The molecular weight excluding hydrogens is 620 g/mol. The molecule has 0 aliphatic carbocycles. The monoisotopic (exact) mass is 686 g/mol. The molecule has 0 N–H and O–H groups in total. The summed E-state index contributed by atoms with van der Waals surface area (Å²) in [5.74, 6) is 0.709. The van der Waals surface area contributed by atoms with Gasteiger partial charge in [-0.25, -0.2) is 0 Å². The first-order valence-corrected chi connectivity index (χ1v) is 18.2. The van der Waals surface area contributed by atoms with Gasteiger partial charge >= 0.3 is 0 Å². The molecule has 0 amide bonds. The van der Waals surface area contributed by atoms with Gasteiger partial charge in [-0.2, -0.15) is 0 Å². The summed E-state index contributed by atoms with van der Waals surface area (Å²) in [5.41, 5.74) is 0.622. The van der Waals surface area contributed by atoms with Crippen molar-refractivity contribution >= 4 is 6.29 Å². The number of unbranched alkanes of at least 4 members (excludes halogenated alkanes) is 9. The van der Waals surface area contributed by atoms with Gasteiger partial charge < -0.3 is 47.4 Å². The van der Waals surface area contributed by atoms with E-state index in [4.69, 9.17) is 47.4 Å². The van der Waals surface area contributed by atoms with Crippen LogP contribution in [0.4, 0.5) is 0 Å². The minimum absolute atomic E-state index is 0.436. The fourth-order valence-electron chi connectivity index (χ4n) is 4.41. The van der Waals surface area contributed by atoms with Crippen LogP contribution in [0.25, 0.3) is 0 Å². The minimum atomic E-state index is 0.436. The topological polar surface area (TPSA) is 109 Å². The largest absolute Gasteiger partial charge is 0.491 e. The molecular formula is C37H66O11. The molecule has 0 saturated heterocycles. The van der Waals surface area contributed by atoms with E-state index >= 15 is 0 Å². The zero-order valence-corrected chi connectivity index (χ0v) is 29.9. The average molecular weight is 687 g/mol. The van der Waals surface area contributed by atoms with Crippen LogP contribution in [-0.2, 0) is 42.6 Å². The molecule has 1 aromatic rings. The molecule has 0 aliphatic rings. The predicted octanol–water partition coefficient (Wildman–Crippen LogP) is 5.95. The third-order valence-corrected chi connectivity index (χ3v) is 7.13. The Labute approximate surface area is 290 Å². The molecule has 11 nitrogen and oxygen atoms in total. The van der Waals surface area contributed by atoms with Crippen LogP contribution in [0.3, 0.4) is 0 Å². The van der Waals surface area contributed by atoms with Gasteiger partial charge in [0.1, 0.15) is 18.6 Å². The highest BCUT2D eigenvalue weighted by Gasteiger charge is 1.98. The van der Waals surface area contributed by atoms with Crippen LogP contribution >= 0.6 is 0 Å². The second kappa shape index (κ2) is 38.1. The van der Waals surface area contributed by atoms with Crippen LogP contribution in [0.1, 0.15) is 81.5 Å². The SMILES string of the molecule is CCCCCCCCCCCCOCCOCCOCCOCCOCCOCCOCCOCCOCCOc1ccc(C=O)cc1. The van der Waals surface area contributed by atoms with E-state index in [0.29, 0.717) is 130 Å². The van der Waals surface area contributed by atoms with Crippen molar-refractivity contribution in [2.45, 2.75) is 71.1 Å². The smallest absolute Gasteiger partial charge is 0.150 e. The second-order valence-corrected chi connectivity index (χ2v) is 11.2. The van der Waals surface area contributed by atoms with Crippen LogP contribution in [-0.4, -0.2) is 132 Å². The standard InChI is InChI=1S/C37H66O11/c1-2-3-4-5-6-7-8-9-10-11-16-39-17-18-40-19-20-41-21-22-42-23-24-43-25-26-44-27-28-45-29-30-46-31-32-47-33-34-48-37-14-12-36(35-38)13-15-37/h12-15,35H,2-11,16-34H2,1H3. The molecule has 0 fully saturated rings. The van der Waals surface area contributed by atoms with Gasteiger partial charge in [-0.15, -0.1) is 0 Å². The quantitative estimate of drug-likeness (QED) is 0.0604. The molecule has 0 aromatic heterocycles. The van der Waals surface area contributed by atoms with Gasteiger partial charge in [-0.1, -0.05) is 64.7 Å².